The third kappa shape index (κ3) is 6.72. The quantitative estimate of drug-likeness (QED) is 0.521. The van der Waals surface area contributed by atoms with Gasteiger partial charge >= 0.3 is 6.09 Å². The monoisotopic (exact) mass is 437 g/mol. The molecule has 0 radical (unpaired) electrons. The molecular formula is C24H24NO3PS. The van der Waals surface area contributed by atoms with E-state index in [1.807, 2.05) is 66.7 Å². The van der Waals surface area contributed by atoms with Gasteiger partial charge in [0.15, 0.2) is 0 Å². The van der Waals surface area contributed by atoms with Crippen molar-refractivity contribution in [3.63, 3.8) is 0 Å². The van der Waals surface area contributed by atoms with Gasteiger partial charge in [0.2, 0.25) is 5.12 Å². The summed E-state index contributed by atoms with van der Waals surface area (Å²) in [6.45, 7) is 1.86. The summed E-state index contributed by atoms with van der Waals surface area (Å²) in [5.41, 5.74) is 1.56. The van der Waals surface area contributed by atoms with Crippen LogP contribution in [-0.4, -0.2) is 22.7 Å². The SMILES string of the molecule is C[C@@H](NC(=O)OCc1ccccc1)C(=O)SCP(c1ccccc1)c1ccccc1. The summed E-state index contributed by atoms with van der Waals surface area (Å²) in [6, 6.07) is 29.3. The van der Waals surface area contributed by atoms with Crippen molar-refractivity contribution in [2.75, 3.05) is 5.49 Å². The Morgan fingerprint density at radius 1 is 0.867 bits per heavy atom. The first-order chi connectivity index (χ1) is 14.6. The molecule has 0 saturated heterocycles. The van der Waals surface area contributed by atoms with E-state index < -0.39 is 20.1 Å². The van der Waals surface area contributed by atoms with E-state index in [2.05, 4.69) is 29.6 Å². The molecule has 0 aliphatic carbocycles. The summed E-state index contributed by atoms with van der Waals surface area (Å²) in [5.74, 6) is 0. The van der Waals surface area contributed by atoms with Crippen molar-refractivity contribution < 1.29 is 14.3 Å². The zero-order chi connectivity index (χ0) is 21.2. The zero-order valence-corrected chi connectivity index (χ0v) is 18.4. The highest BCUT2D eigenvalue weighted by Gasteiger charge is 2.20. The number of thioether (sulfide) groups is 1. The first kappa shape index (κ1) is 22.1. The van der Waals surface area contributed by atoms with Crippen LogP contribution in [-0.2, 0) is 16.1 Å². The molecule has 0 aliphatic rings. The number of ether oxygens (including phenoxy) is 1. The maximum absolute atomic E-state index is 12.6. The molecule has 0 bridgehead atoms. The van der Waals surface area contributed by atoms with Crippen molar-refractivity contribution in [2.45, 2.75) is 19.6 Å². The second kappa shape index (κ2) is 11.5. The smallest absolute Gasteiger partial charge is 0.408 e. The summed E-state index contributed by atoms with van der Waals surface area (Å²) < 4.78 is 5.21. The molecule has 0 unspecified atom stereocenters. The summed E-state index contributed by atoms with van der Waals surface area (Å²) >= 11 is 1.26. The Hall–Kier alpha value is -2.62. The van der Waals surface area contributed by atoms with E-state index in [4.69, 9.17) is 4.74 Å². The van der Waals surface area contributed by atoms with Crippen molar-refractivity contribution >= 4 is 41.5 Å². The van der Waals surface area contributed by atoms with E-state index in [1.165, 1.54) is 22.4 Å². The molecule has 0 spiro atoms. The van der Waals surface area contributed by atoms with Crippen molar-refractivity contribution in [1.82, 2.24) is 5.32 Å². The Morgan fingerprint density at radius 2 is 1.37 bits per heavy atom. The van der Waals surface area contributed by atoms with Gasteiger partial charge < -0.3 is 10.1 Å². The lowest BCUT2D eigenvalue weighted by Crippen LogP contribution is -2.37. The van der Waals surface area contributed by atoms with E-state index in [-0.39, 0.29) is 11.7 Å². The molecule has 6 heteroatoms. The number of amides is 1. The molecule has 3 rings (SSSR count). The van der Waals surface area contributed by atoms with Gasteiger partial charge in [-0.3, -0.25) is 4.79 Å². The highest BCUT2D eigenvalue weighted by atomic mass is 32.2. The Kier molecular flexibility index (Phi) is 8.49. The lowest BCUT2D eigenvalue weighted by atomic mass is 10.2. The Labute approximate surface area is 182 Å². The molecule has 0 aromatic heterocycles. The molecule has 3 aromatic carbocycles. The van der Waals surface area contributed by atoms with Crippen LogP contribution in [0.15, 0.2) is 91.0 Å². The lowest BCUT2D eigenvalue weighted by molar-refractivity contribution is -0.112. The van der Waals surface area contributed by atoms with Crippen molar-refractivity contribution in [2.24, 2.45) is 0 Å². The standard InChI is InChI=1S/C24H24NO3PS/c1-19(25-24(27)28-17-20-11-5-2-6-12-20)23(26)30-18-29(21-13-7-3-8-14-21)22-15-9-4-10-16-22/h2-16,19H,17-18H2,1H3,(H,25,27)/t19-/m1/s1. The van der Waals surface area contributed by atoms with Crippen LogP contribution < -0.4 is 15.9 Å². The Balaban J connectivity index is 1.53. The lowest BCUT2D eigenvalue weighted by Gasteiger charge is -2.19. The fourth-order valence-corrected chi connectivity index (χ4v) is 6.66. The molecule has 0 heterocycles. The number of carbonyl (C=O) groups excluding carboxylic acids is 2. The molecule has 0 saturated carbocycles. The predicted octanol–water partition coefficient (Wildman–Crippen LogP) is 4.65. The van der Waals surface area contributed by atoms with Crippen LogP contribution in [0, 0.1) is 0 Å². The summed E-state index contributed by atoms with van der Waals surface area (Å²) in [5, 5.41) is 5.00. The molecule has 1 N–H and O–H groups in total. The second-order valence-corrected chi connectivity index (χ2v) is 10.2. The number of nitrogens with one attached hydrogen (secondary N) is 1. The normalized spacial score (nSPS) is 11.7. The van der Waals surface area contributed by atoms with Gasteiger partial charge in [0.25, 0.3) is 0 Å². The number of hydrogen-bond acceptors (Lipinski definition) is 4. The van der Waals surface area contributed by atoms with Gasteiger partial charge in [0.1, 0.15) is 6.61 Å². The van der Waals surface area contributed by atoms with Gasteiger partial charge in [-0.1, -0.05) is 103 Å². The number of rotatable bonds is 8. The molecule has 1 atom stereocenters. The zero-order valence-electron chi connectivity index (χ0n) is 16.7. The van der Waals surface area contributed by atoms with Crippen LogP contribution in [0.3, 0.4) is 0 Å². The maximum Gasteiger partial charge on any atom is 0.408 e. The van der Waals surface area contributed by atoms with E-state index in [9.17, 15) is 9.59 Å². The Morgan fingerprint density at radius 3 is 1.90 bits per heavy atom. The number of carbonyl (C=O) groups is 2. The first-order valence-electron chi connectivity index (χ1n) is 9.65. The molecule has 3 aromatic rings. The second-order valence-electron chi connectivity index (χ2n) is 6.62. The van der Waals surface area contributed by atoms with E-state index in [1.54, 1.807) is 6.92 Å². The minimum Gasteiger partial charge on any atom is -0.445 e. The van der Waals surface area contributed by atoms with E-state index in [0.29, 0.717) is 5.49 Å². The average Bonchev–Trinajstić information content (AvgIpc) is 2.80. The van der Waals surface area contributed by atoms with Gasteiger partial charge in [-0.2, -0.15) is 0 Å². The molecule has 30 heavy (non-hydrogen) atoms. The molecule has 0 fully saturated rings. The van der Waals surface area contributed by atoms with E-state index >= 15 is 0 Å². The fourth-order valence-electron chi connectivity index (χ4n) is 2.77. The first-order valence-corrected chi connectivity index (χ1v) is 12.2. The van der Waals surface area contributed by atoms with Crippen molar-refractivity contribution in [1.29, 1.82) is 0 Å². The number of hydrogen-bond donors (Lipinski definition) is 1. The minimum absolute atomic E-state index is 0.0778. The molecular weight excluding hydrogens is 413 g/mol. The molecule has 0 aliphatic heterocycles. The molecule has 1 amide bonds. The summed E-state index contributed by atoms with van der Waals surface area (Å²) in [7, 11) is -0.667. The maximum atomic E-state index is 12.6. The fraction of sp³-hybridized carbons (Fsp3) is 0.167. The van der Waals surface area contributed by atoms with Crippen LogP contribution in [0.1, 0.15) is 12.5 Å². The largest absolute Gasteiger partial charge is 0.445 e. The van der Waals surface area contributed by atoms with Crippen LogP contribution in [0.2, 0.25) is 0 Å². The van der Waals surface area contributed by atoms with Gasteiger partial charge in [-0.25, -0.2) is 4.79 Å². The van der Waals surface area contributed by atoms with Gasteiger partial charge in [-0.05, 0) is 31.0 Å². The minimum atomic E-state index is -0.667. The van der Waals surface area contributed by atoms with Crippen molar-refractivity contribution in [3.8, 4) is 0 Å². The third-order valence-corrected chi connectivity index (χ3v) is 8.40. The van der Waals surface area contributed by atoms with Gasteiger partial charge in [0.05, 0.1) is 6.04 Å². The molecule has 4 nitrogen and oxygen atoms in total. The number of benzene rings is 3. The van der Waals surface area contributed by atoms with Crippen LogP contribution in [0.5, 0.6) is 0 Å². The highest BCUT2D eigenvalue weighted by molar-refractivity contribution is 8.18. The number of alkyl carbamates (subject to hydrolysis) is 1. The predicted molar refractivity (Wildman–Crippen MR) is 126 cm³/mol. The molecule has 154 valence electrons. The van der Waals surface area contributed by atoms with Gasteiger partial charge in [0, 0.05) is 5.49 Å². The summed E-state index contributed by atoms with van der Waals surface area (Å²) in [6.07, 6.45) is -0.589. The third-order valence-electron chi connectivity index (χ3n) is 4.37. The van der Waals surface area contributed by atoms with Gasteiger partial charge in [-0.15, -0.1) is 0 Å². The average molecular weight is 438 g/mol. The van der Waals surface area contributed by atoms with E-state index in [0.717, 1.165) is 5.56 Å². The van der Waals surface area contributed by atoms with Crippen molar-refractivity contribution in [3.05, 3.63) is 96.6 Å². The van der Waals surface area contributed by atoms with Crippen LogP contribution in [0.25, 0.3) is 0 Å². The van der Waals surface area contributed by atoms with Crippen LogP contribution >= 0.6 is 19.7 Å². The van der Waals surface area contributed by atoms with Crippen LogP contribution in [0.4, 0.5) is 4.79 Å². The topological polar surface area (TPSA) is 55.4 Å². The Bertz CT molecular complexity index is 899. The highest BCUT2D eigenvalue weighted by Crippen LogP contribution is 2.37. The summed E-state index contributed by atoms with van der Waals surface area (Å²) in [4.78, 5) is 24.6.